The molecule has 1 aromatic rings. The Balaban J connectivity index is 3.13. The van der Waals surface area contributed by atoms with Crippen molar-refractivity contribution in [2.24, 2.45) is 0 Å². The molecule has 18 heavy (non-hydrogen) atoms. The van der Waals surface area contributed by atoms with Crippen LogP contribution in [0.2, 0.25) is 0 Å². The highest BCUT2D eigenvalue weighted by Gasteiger charge is 2.24. The molecule has 1 aromatic heterocycles. The number of methoxy groups -OCH3 is 1. The monoisotopic (exact) mass is 253 g/mol. The van der Waals surface area contributed by atoms with Crippen molar-refractivity contribution in [3.8, 4) is 5.88 Å². The Kier molecular flexibility index (Phi) is 4.40. The lowest BCUT2D eigenvalue weighted by molar-refractivity contribution is 0.0648. The second kappa shape index (κ2) is 5.44. The normalized spacial score (nSPS) is 13.1. The fourth-order valence-corrected chi connectivity index (χ4v) is 1.49. The van der Waals surface area contributed by atoms with Crippen molar-refractivity contribution < 1.29 is 9.84 Å². The molecule has 0 aliphatic carbocycles. The summed E-state index contributed by atoms with van der Waals surface area (Å²) in [5.74, 6) is 0.525. The molecule has 1 unspecified atom stereocenters. The van der Waals surface area contributed by atoms with Gasteiger partial charge in [-0.1, -0.05) is 0 Å². The van der Waals surface area contributed by atoms with Crippen LogP contribution in [0.1, 0.15) is 20.8 Å². The van der Waals surface area contributed by atoms with E-state index < -0.39 is 5.60 Å². The first-order chi connectivity index (χ1) is 8.27. The van der Waals surface area contributed by atoms with Gasteiger partial charge in [0.15, 0.2) is 0 Å². The van der Waals surface area contributed by atoms with Crippen LogP contribution in [0.15, 0.2) is 12.3 Å². The van der Waals surface area contributed by atoms with Gasteiger partial charge in [0.25, 0.3) is 0 Å². The summed E-state index contributed by atoms with van der Waals surface area (Å²) in [5, 5.41) is 13.3. The Morgan fingerprint density at radius 3 is 2.50 bits per heavy atom. The van der Waals surface area contributed by atoms with E-state index in [1.165, 1.54) is 0 Å². The number of nitrogens with zero attached hydrogens (tertiary/aromatic N) is 2. The number of aliphatic hydroxyl groups is 1. The first-order valence-electron chi connectivity index (χ1n) is 5.96. The third-order valence-electron chi connectivity index (χ3n) is 2.99. The van der Waals surface area contributed by atoms with Crippen LogP contribution in [0.5, 0.6) is 5.88 Å². The second-order valence-corrected chi connectivity index (χ2v) is 5.13. The van der Waals surface area contributed by atoms with Gasteiger partial charge in [-0.15, -0.1) is 0 Å². The summed E-state index contributed by atoms with van der Waals surface area (Å²) >= 11 is 0. The fourth-order valence-electron chi connectivity index (χ4n) is 1.49. The molecule has 0 radical (unpaired) electrons. The van der Waals surface area contributed by atoms with E-state index in [-0.39, 0.29) is 6.04 Å². The van der Waals surface area contributed by atoms with Crippen molar-refractivity contribution in [1.29, 1.82) is 0 Å². The number of rotatable bonds is 5. The van der Waals surface area contributed by atoms with E-state index >= 15 is 0 Å². The Hall–Kier alpha value is -1.49. The van der Waals surface area contributed by atoms with Gasteiger partial charge in [0.2, 0.25) is 5.88 Å². The van der Waals surface area contributed by atoms with E-state index in [9.17, 15) is 5.11 Å². The van der Waals surface area contributed by atoms with Gasteiger partial charge in [0.1, 0.15) is 5.69 Å². The summed E-state index contributed by atoms with van der Waals surface area (Å²) in [4.78, 5) is 6.16. The third kappa shape index (κ3) is 3.26. The Labute approximate surface area is 109 Å². The largest absolute Gasteiger partial charge is 0.479 e. The van der Waals surface area contributed by atoms with Crippen LogP contribution in [-0.4, -0.2) is 42.9 Å². The van der Waals surface area contributed by atoms with Crippen LogP contribution < -0.4 is 15.0 Å². The molecule has 0 bridgehead atoms. The highest BCUT2D eigenvalue weighted by atomic mass is 16.5. The molecule has 102 valence electrons. The lowest BCUT2D eigenvalue weighted by Crippen LogP contribution is -2.39. The molecule has 5 heteroatoms. The summed E-state index contributed by atoms with van der Waals surface area (Å²) in [5.41, 5.74) is 0.933. The summed E-state index contributed by atoms with van der Waals surface area (Å²) < 4.78 is 5.27. The van der Waals surface area contributed by atoms with Gasteiger partial charge < -0.3 is 20.1 Å². The van der Waals surface area contributed by atoms with Crippen LogP contribution >= 0.6 is 0 Å². The number of hydrogen-bond donors (Lipinski definition) is 2. The van der Waals surface area contributed by atoms with Gasteiger partial charge >= 0.3 is 0 Å². The zero-order valence-electron chi connectivity index (χ0n) is 12.0. The Bertz CT molecular complexity index is 400. The van der Waals surface area contributed by atoms with E-state index in [4.69, 9.17) is 4.74 Å². The maximum atomic E-state index is 10.0. The molecule has 1 heterocycles. The zero-order valence-corrected chi connectivity index (χ0v) is 12.0. The molecule has 1 rings (SSSR count). The average molecular weight is 253 g/mol. The average Bonchev–Trinajstić information content (AvgIpc) is 2.27. The van der Waals surface area contributed by atoms with Crippen molar-refractivity contribution in [3.05, 3.63) is 12.3 Å². The van der Waals surface area contributed by atoms with Crippen molar-refractivity contribution in [3.63, 3.8) is 0 Å². The van der Waals surface area contributed by atoms with Gasteiger partial charge in [-0.3, -0.25) is 0 Å². The van der Waals surface area contributed by atoms with Crippen LogP contribution in [-0.2, 0) is 0 Å². The minimum Gasteiger partial charge on any atom is -0.479 e. The SMILES string of the molecule is COc1nccc(N(C)C)c1NC(C)C(C)(C)O. The predicted molar refractivity (Wildman–Crippen MR) is 74.5 cm³/mol. The van der Waals surface area contributed by atoms with E-state index in [1.807, 2.05) is 32.0 Å². The standard InChI is InChI=1S/C13H23N3O2/c1-9(13(2,3)17)15-11-10(16(4)5)7-8-14-12(11)18-6/h7-9,15,17H,1-6H3. The third-order valence-corrected chi connectivity index (χ3v) is 2.99. The smallest absolute Gasteiger partial charge is 0.239 e. The Morgan fingerprint density at radius 2 is 2.06 bits per heavy atom. The highest BCUT2D eigenvalue weighted by molar-refractivity contribution is 5.74. The zero-order chi connectivity index (χ0) is 13.9. The number of anilines is 2. The number of aromatic nitrogens is 1. The van der Waals surface area contributed by atoms with E-state index in [0.717, 1.165) is 11.4 Å². The molecule has 5 nitrogen and oxygen atoms in total. The topological polar surface area (TPSA) is 57.6 Å². The van der Waals surface area contributed by atoms with Crippen LogP contribution in [0.3, 0.4) is 0 Å². The highest BCUT2D eigenvalue weighted by Crippen LogP contribution is 2.33. The second-order valence-electron chi connectivity index (χ2n) is 5.13. The van der Waals surface area contributed by atoms with Gasteiger partial charge in [-0.05, 0) is 26.8 Å². The maximum Gasteiger partial charge on any atom is 0.239 e. The molecule has 0 saturated carbocycles. The number of nitrogens with one attached hydrogen (secondary N) is 1. The van der Waals surface area contributed by atoms with Gasteiger partial charge in [0, 0.05) is 20.3 Å². The molecule has 2 N–H and O–H groups in total. The minimum atomic E-state index is -0.829. The van der Waals surface area contributed by atoms with E-state index in [0.29, 0.717) is 5.88 Å². The molecule has 0 aliphatic rings. The molecular weight excluding hydrogens is 230 g/mol. The number of hydrogen-bond acceptors (Lipinski definition) is 5. The molecule has 0 amide bonds. The summed E-state index contributed by atoms with van der Waals surface area (Å²) in [6.45, 7) is 5.46. The molecule has 0 aromatic carbocycles. The summed E-state index contributed by atoms with van der Waals surface area (Å²) in [7, 11) is 5.49. The van der Waals surface area contributed by atoms with Crippen LogP contribution in [0, 0.1) is 0 Å². The fraction of sp³-hybridized carbons (Fsp3) is 0.615. The molecule has 1 atom stereocenters. The lowest BCUT2D eigenvalue weighted by atomic mass is 10.0. The van der Waals surface area contributed by atoms with Crippen LogP contribution in [0.4, 0.5) is 11.4 Å². The van der Waals surface area contributed by atoms with Crippen molar-refractivity contribution >= 4 is 11.4 Å². The summed E-state index contributed by atoms with van der Waals surface area (Å²) in [6.07, 6.45) is 1.70. The molecular formula is C13H23N3O2. The molecule has 0 saturated heterocycles. The quantitative estimate of drug-likeness (QED) is 0.837. The van der Waals surface area contributed by atoms with Crippen molar-refractivity contribution in [2.45, 2.75) is 32.4 Å². The molecule has 0 spiro atoms. The van der Waals surface area contributed by atoms with Crippen molar-refractivity contribution in [1.82, 2.24) is 4.98 Å². The van der Waals surface area contributed by atoms with Gasteiger partial charge in [-0.2, -0.15) is 0 Å². The number of ether oxygens (including phenoxy) is 1. The maximum absolute atomic E-state index is 10.0. The Morgan fingerprint density at radius 1 is 1.44 bits per heavy atom. The first kappa shape index (κ1) is 14.6. The number of pyridine rings is 1. The van der Waals surface area contributed by atoms with Crippen molar-refractivity contribution in [2.75, 3.05) is 31.4 Å². The molecule has 0 aliphatic heterocycles. The lowest BCUT2D eigenvalue weighted by Gasteiger charge is -2.30. The summed E-state index contributed by atoms with van der Waals surface area (Å²) in [6, 6.07) is 1.77. The van der Waals surface area contributed by atoms with E-state index in [2.05, 4.69) is 10.3 Å². The first-order valence-corrected chi connectivity index (χ1v) is 5.96. The van der Waals surface area contributed by atoms with Gasteiger partial charge in [-0.25, -0.2) is 4.98 Å². The minimum absolute atomic E-state index is 0.130. The van der Waals surface area contributed by atoms with E-state index in [1.54, 1.807) is 27.2 Å². The molecule has 0 fully saturated rings. The predicted octanol–water partition coefficient (Wildman–Crippen LogP) is 1.73. The van der Waals surface area contributed by atoms with Crippen LogP contribution in [0.25, 0.3) is 0 Å². The van der Waals surface area contributed by atoms with Gasteiger partial charge in [0.05, 0.1) is 24.4 Å².